The van der Waals surface area contributed by atoms with Crippen molar-refractivity contribution in [2.45, 2.75) is 177 Å². The van der Waals surface area contributed by atoms with Gasteiger partial charge in [0.05, 0.1) is 13.2 Å². The van der Waals surface area contributed by atoms with E-state index in [2.05, 4.69) is 236 Å². The predicted molar refractivity (Wildman–Crippen MR) is 308 cm³/mol. The first-order valence-electron chi connectivity index (χ1n) is 25.2. The summed E-state index contributed by atoms with van der Waals surface area (Å²) in [6, 6.07) is 34.7. The molecule has 72 heavy (non-hydrogen) atoms. The minimum absolute atomic E-state index is 0. The molecule has 0 radical (unpaired) electrons. The van der Waals surface area contributed by atoms with E-state index >= 15 is 0 Å². The van der Waals surface area contributed by atoms with Crippen LogP contribution in [0.1, 0.15) is 176 Å². The van der Waals surface area contributed by atoms with Crippen molar-refractivity contribution < 1.29 is 45.5 Å². The van der Waals surface area contributed by atoms with Crippen LogP contribution < -0.4 is 9.47 Å². The second-order valence-electron chi connectivity index (χ2n) is 26.0. The van der Waals surface area contributed by atoms with Gasteiger partial charge in [0, 0.05) is 65.6 Å². The molecule has 0 bridgehead atoms. The van der Waals surface area contributed by atoms with Crippen LogP contribution in [0.3, 0.4) is 0 Å². The van der Waals surface area contributed by atoms with Crippen LogP contribution in [0, 0.1) is 28.7 Å². The quantitative estimate of drug-likeness (QED) is 0.0815. The minimum Gasteiger partial charge on any atom is -0.507 e. The normalized spacial score (nSPS) is 12.4. The van der Waals surface area contributed by atoms with Crippen LogP contribution in [0.15, 0.2) is 97.1 Å². The Labute approximate surface area is 457 Å². The van der Waals surface area contributed by atoms with Gasteiger partial charge in [-0.1, -0.05) is 173 Å². The Bertz CT molecular complexity index is 2580. The summed E-state index contributed by atoms with van der Waals surface area (Å²) in [6.07, 6.45) is 0.612. The number of phenolic OH excluding ortho intramolecular Hbond substituents is 2. The maximum Gasteiger partial charge on any atom is 0.131 e. The number of phenols is 2. The summed E-state index contributed by atoms with van der Waals surface area (Å²) < 4.78 is 13.4. The number of aryl methyl sites for hydroxylation is 2. The van der Waals surface area contributed by atoms with Crippen molar-refractivity contribution in [2.24, 2.45) is 0 Å². The zero-order chi connectivity index (χ0) is 51.4. The zero-order valence-electron chi connectivity index (χ0n) is 48.6. The van der Waals surface area contributed by atoms with Gasteiger partial charge in [-0.2, -0.15) is 0 Å². The Kier molecular flexibility index (Phi) is 19.3. The van der Waals surface area contributed by atoms with Gasteiger partial charge in [-0.15, -0.1) is 0 Å². The van der Waals surface area contributed by atoms with E-state index in [9.17, 15) is 10.2 Å². The van der Waals surface area contributed by atoms with Gasteiger partial charge in [0.15, 0.2) is 0 Å². The Hall–Kier alpha value is -4.61. The van der Waals surface area contributed by atoms with E-state index in [0.29, 0.717) is 31.1 Å². The molecule has 0 aliphatic rings. The van der Waals surface area contributed by atoms with Gasteiger partial charge in [0.2, 0.25) is 0 Å². The smallest absolute Gasteiger partial charge is 0.131 e. The molecule has 388 valence electrons. The molecule has 0 heterocycles. The van der Waals surface area contributed by atoms with Crippen LogP contribution in [0.2, 0.25) is 0 Å². The van der Waals surface area contributed by atoms with E-state index in [1.165, 1.54) is 22.3 Å². The van der Waals surface area contributed by atoms with Crippen molar-refractivity contribution in [3.8, 4) is 67.5 Å². The molecule has 2 N–H and O–H groups in total. The van der Waals surface area contributed by atoms with Crippen LogP contribution in [0.25, 0.3) is 44.5 Å². The summed E-state index contributed by atoms with van der Waals surface area (Å²) in [5, 5.41) is 24.7. The summed E-state index contributed by atoms with van der Waals surface area (Å²) in [5.74, 6) is 1.92. The molecule has 5 heteroatoms. The van der Waals surface area contributed by atoms with E-state index in [4.69, 9.17) is 9.47 Å². The Balaban J connectivity index is 0.00000456. The fourth-order valence-corrected chi connectivity index (χ4v) is 8.80. The Morgan fingerprint density at radius 3 is 0.861 bits per heavy atom. The third-order valence-corrected chi connectivity index (χ3v) is 13.5. The van der Waals surface area contributed by atoms with Crippen molar-refractivity contribution in [1.82, 2.24) is 0 Å². The van der Waals surface area contributed by atoms with E-state index in [0.717, 1.165) is 66.8 Å². The van der Waals surface area contributed by atoms with Crippen molar-refractivity contribution in [3.63, 3.8) is 0 Å². The molecule has 6 aromatic carbocycles. The molecule has 6 rings (SSSR count). The van der Waals surface area contributed by atoms with Gasteiger partial charge >= 0.3 is 0 Å². The van der Waals surface area contributed by atoms with Gasteiger partial charge in [0.25, 0.3) is 0 Å². The molecule has 0 amide bonds. The van der Waals surface area contributed by atoms with Gasteiger partial charge in [-0.3, -0.25) is 0 Å². The van der Waals surface area contributed by atoms with Crippen LogP contribution in [-0.4, -0.2) is 23.4 Å². The third kappa shape index (κ3) is 14.4. The number of benzene rings is 6. The number of aromatic hydroxyl groups is 2. The fourth-order valence-electron chi connectivity index (χ4n) is 8.80. The Morgan fingerprint density at radius 1 is 0.333 bits per heavy atom. The third-order valence-electron chi connectivity index (χ3n) is 13.5. The van der Waals surface area contributed by atoms with Crippen LogP contribution in [0.5, 0.6) is 23.0 Å². The zero-order valence-corrected chi connectivity index (χ0v) is 52.2. The minimum atomic E-state index is -0.120. The first-order chi connectivity index (χ1) is 31.6. The molecule has 0 fully saturated rings. The van der Waals surface area contributed by atoms with E-state index in [-0.39, 0.29) is 84.7 Å². The summed E-state index contributed by atoms with van der Waals surface area (Å²) in [7, 11) is 0. The topological polar surface area (TPSA) is 58.9 Å². The molecular formula is C67H90HfO4-2. The number of hydrogen-bond acceptors (Lipinski definition) is 4. The molecule has 0 saturated carbocycles. The van der Waals surface area contributed by atoms with Gasteiger partial charge in [0.1, 0.15) is 23.0 Å². The van der Waals surface area contributed by atoms with Gasteiger partial charge in [-0.05, 0) is 151 Å². The molecule has 0 aromatic heterocycles. The van der Waals surface area contributed by atoms with Gasteiger partial charge in [-0.25, -0.2) is 0 Å². The summed E-state index contributed by atoms with van der Waals surface area (Å²) in [5.41, 5.74) is 15.8. The van der Waals surface area contributed by atoms with Gasteiger partial charge < -0.3 is 34.5 Å². The molecule has 0 saturated heterocycles. The second-order valence-corrected chi connectivity index (χ2v) is 26.0. The van der Waals surface area contributed by atoms with E-state index < -0.39 is 0 Å². The predicted octanol–water partition coefficient (Wildman–Crippen LogP) is 18.9. The van der Waals surface area contributed by atoms with Crippen molar-refractivity contribution in [1.29, 1.82) is 0 Å². The molecule has 0 aliphatic heterocycles. The largest absolute Gasteiger partial charge is 0.507 e. The van der Waals surface area contributed by atoms with Crippen molar-refractivity contribution in [2.75, 3.05) is 13.2 Å². The molecule has 0 unspecified atom stereocenters. The average Bonchev–Trinajstić information content (AvgIpc) is 3.22. The summed E-state index contributed by atoms with van der Waals surface area (Å²) in [4.78, 5) is 0. The summed E-state index contributed by atoms with van der Waals surface area (Å²) in [6.45, 7) is 45.2. The average molecular weight is 1140 g/mol. The monoisotopic (exact) mass is 1140 g/mol. The Morgan fingerprint density at radius 2 is 0.597 bits per heavy atom. The fraction of sp³-hybridized carbons (Fsp3) is 0.433. The first-order valence-corrected chi connectivity index (χ1v) is 25.2. The second kappa shape index (κ2) is 22.5. The maximum absolute atomic E-state index is 12.4. The van der Waals surface area contributed by atoms with E-state index in [1.54, 1.807) is 0 Å². The molecule has 0 spiro atoms. The first kappa shape index (κ1) is 61.7. The molecule has 4 nitrogen and oxygen atoms in total. The summed E-state index contributed by atoms with van der Waals surface area (Å²) >= 11 is 0. The van der Waals surface area contributed by atoms with Crippen LogP contribution in [-0.2, 0) is 58.3 Å². The van der Waals surface area contributed by atoms with Crippen LogP contribution in [0.4, 0.5) is 0 Å². The molecular weight excluding hydrogens is 1050 g/mol. The molecule has 0 atom stereocenters. The number of rotatable bonds is 10. The molecule has 6 aromatic rings. The maximum atomic E-state index is 12.4. The number of hydrogen-bond donors (Lipinski definition) is 2. The standard InChI is InChI=1S/C65H84O4.2CH3.Hf/c1-40-28-50(42-32-46(62(9,10)11)36-47(33-42)63(12,13)14)58(66)54(30-40)52-38-44(60(3,4)5)22-24-56(52)68-26-21-27-69-57-25-23-45(61(6,7)8)39-53(57)55-31-41(2)29-51(59(55)67)43-34-48(64(15,16)17)37-49(35-43)65(18,19)20;;;/h22-25,28-39,66-67H,21,26-27H2,1-20H3;2*1H3;/q;2*-1;. The van der Waals surface area contributed by atoms with Crippen molar-refractivity contribution in [3.05, 3.63) is 156 Å². The van der Waals surface area contributed by atoms with E-state index in [1.807, 2.05) is 0 Å². The molecule has 0 aliphatic carbocycles. The van der Waals surface area contributed by atoms with Crippen molar-refractivity contribution >= 4 is 0 Å². The number of ether oxygens (including phenoxy) is 2. The SMILES string of the molecule is Cc1cc(-c2cc(C(C)(C)C)cc(C(C)(C)C)c2)c(O)c(-c2cc(C(C)(C)C)ccc2OCCCOc2ccc(C(C)(C)C)cc2-c2cc(C)cc(-c3cc(C(C)(C)C)cc(C(C)(C)C)c3)c2O)c1.[CH3-].[CH3-].[Hf]. The van der Waals surface area contributed by atoms with Crippen LogP contribution >= 0.6 is 0 Å².